The third-order valence-electron chi connectivity index (χ3n) is 3.29. The number of aliphatic hydroxyl groups is 1. The van der Waals surface area contributed by atoms with Gasteiger partial charge in [0.1, 0.15) is 5.84 Å². The van der Waals surface area contributed by atoms with Gasteiger partial charge in [-0.05, 0) is 26.0 Å². The van der Waals surface area contributed by atoms with Crippen molar-refractivity contribution >= 4 is 23.1 Å². The molecule has 20 heavy (non-hydrogen) atoms. The molecule has 0 bridgehead atoms. The van der Waals surface area contributed by atoms with E-state index in [1.165, 1.54) is 0 Å². The number of aliphatic hydroxyl groups excluding tert-OH is 1. The molecular formula is C14H20ClN3O2. The molecule has 0 radical (unpaired) electrons. The maximum absolute atomic E-state index is 9.38. The molecule has 0 amide bonds. The second-order valence-corrected chi connectivity index (χ2v) is 6.02. The van der Waals surface area contributed by atoms with Crippen molar-refractivity contribution in [3.63, 3.8) is 0 Å². The van der Waals surface area contributed by atoms with E-state index in [1.807, 2.05) is 26.0 Å². The molecule has 6 heteroatoms. The van der Waals surface area contributed by atoms with Crippen molar-refractivity contribution in [3.8, 4) is 0 Å². The predicted octanol–water partition coefficient (Wildman–Crippen LogP) is 1.60. The van der Waals surface area contributed by atoms with Crippen LogP contribution in [0.5, 0.6) is 0 Å². The summed E-state index contributed by atoms with van der Waals surface area (Å²) in [7, 11) is 0. The molecule has 4 N–H and O–H groups in total. The van der Waals surface area contributed by atoms with Crippen molar-refractivity contribution in [2.75, 3.05) is 24.6 Å². The van der Waals surface area contributed by atoms with Crippen LogP contribution in [0.25, 0.3) is 0 Å². The second kappa shape index (κ2) is 5.60. The molecular weight excluding hydrogens is 278 g/mol. The van der Waals surface area contributed by atoms with Gasteiger partial charge in [-0.25, -0.2) is 0 Å². The zero-order chi connectivity index (χ0) is 14.9. The van der Waals surface area contributed by atoms with Crippen LogP contribution < -0.4 is 10.6 Å². The zero-order valence-electron chi connectivity index (χ0n) is 11.7. The molecule has 110 valence electrons. The lowest BCUT2D eigenvalue weighted by Gasteiger charge is -2.44. The highest BCUT2D eigenvalue weighted by Crippen LogP contribution is 2.31. The molecule has 1 fully saturated rings. The number of ether oxygens (including phenoxy) is 1. The molecule has 1 aromatic carbocycles. The Morgan fingerprint density at radius 1 is 1.60 bits per heavy atom. The zero-order valence-corrected chi connectivity index (χ0v) is 12.4. The lowest BCUT2D eigenvalue weighted by atomic mass is 10.0. The normalized spacial score (nSPS) is 21.8. The van der Waals surface area contributed by atoms with Gasteiger partial charge in [-0.2, -0.15) is 0 Å². The number of hydrogen-bond acceptors (Lipinski definition) is 4. The predicted molar refractivity (Wildman–Crippen MR) is 80.7 cm³/mol. The fraction of sp³-hybridized carbons (Fsp3) is 0.500. The highest BCUT2D eigenvalue weighted by atomic mass is 35.5. The average Bonchev–Trinajstić information content (AvgIpc) is 2.36. The van der Waals surface area contributed by atoms with Crippen LogP contribution in [-0.2, 0) is 4.74 Å². The van der Waals surface area contributed by atoms with Crippen LogP contribution in [0.4, 0.5) is 5.69 Å². The van der Waals surface area contributed by atoms with E-state index >= 15 is 0 Å². The summed E-state index contributed by atoms with van der Waals surface area (Å²) >= 11 is 6.16. The van der Waals surface area contributed by atoms with Crippen LogP contribution in [0, 0.1) is 5.41 Å². The molecule has 1 atom stereocenters. The summed E-state index contributed by atoms with van der Waals surface area (Å²) < 4.78 is 5.80. The standard InChI is InChI=1S/C14H20ClN3O2/c1-14(2)8-18(6-9(7-19)20-14)11-5-3-4-10(15)12(11)13(16)17/h3-5,9,19H,6-8H2,1-2H3,(H3,16,17). The van der Waals surface area contributed by atoms with Gasteiger partial charge in [0.25, 0.3) is 0 Å². The molecule has 0 aromatic heterocycles. The molecule has 0 aliphatic carbocycles. The smallest absolute Gasteiger partial charge is 0.126 e. The molecule has 2 rings (SSSR count). The van der Waals surface area contributed by atoms with Crippen LogP contribution in [-0.4, -0.2) is 42.3 Å². The van der Waals surface area contributed by atoms with Gasteiger partial charge in [-0.3, -0.25) is 5.41 Å². The summed E-state index contributed by atoms with van der Waals surface area (Å²) in [6.07, 6.45) is -0.266. The first-order valence-electron chi connectivity index (χ1n) is 6.50. The summed E-state index contributed by atoms with van der Waals surface area (Å²) in [6, 6.07) is 5.44. The van der Waals surface area contributed by atoms with E-state index in [0.29, 0.717) is 23.7 Å². The highest BCUT2D eigenvalue weighted by molar-refractivity contribution is 6.34. The lowest BCUT2D eigenvalue weighted by molar-refractivity contribution is -0.101. The molecule has 5 nitrogen and oxygen atoms in total. The van der Waals surface area contributed by atoms with E-state index in [1.54, 1.807) is 6.07 Å². The van der Waals surface area contributed by atoms with Gasteiger partial charge in [0, 0.05) is 18.8 Å². The molecule has 1 heterocycles. The Bertz CT molecular complexity index is 519. The van der Waals surface area contributed by atoms with E-state index in [2.05, 4.69) is 4.90 Å². The fourth-order valence-corrected chi connectivity index (χ4v) is 2.89. The summed E-state index contributed by atoms with van der Waals surface area (Å²) in [4.78, 5) is 2.06. The number of nitrogens with zero attached hydrogens (tertiary/aromatic N) is 1. The summed E-state index contributed by atoms with van der Waals surface area (Å²) in [5, 5.41) is 17.6. The van der Waals surface area contributed by atoms with Gasteiger partial charge >= 0.3 is 0 Å². The maximum Gasteiger partial charge on any atom is 0.126 e. The Hall–Kier alpha value is -1.30. The minimum atomic E-state index is -0.387. The van der Waals surface area contributed by atoms with Gasteiger partial charge in [-0.15, -0.1) is 0 Å². The van der Waals surface area contributed by atoms with Crippen LogP contribution in [0.2, 0.25) is 5.02 Å². The Morgan fingerprint density at radius 3 is 2.90 bits per heavy atom. The van der Waals surface area contributed by atoms with E-state index < -0.39 is 0 Å². The quantitative estimate of drug-likeness (QED) is 0.584. The van der Waals surface area contributed by atoms with E-state index in [0.717, 1.165) is 5.69 Å². The maximum atomic E-state index is 9.38. The van der Waals surface area contributed by atoms with E-state index in [4.69, 9.17) is 27.5 Å². The Kier molecular flexibility index (Phi) is 4.22. The highest BCUT2D eigenvalue weighted by Gasteiger charge is 2.34. The fourth-order valence-electron chi connectivity index (χ4n) is 2.62. The Balaban J connectivity index is 2.40. The van der Waals surface area contributed by atoms with Crippen molar-refractivity contribution in [3.05, 3.63) is 28.8 Å². The minimum absolute atomic E-state index is 0.0457. The van der Waals surface area contributed by atoms with Crippen molar-refractivity contribution in [2.24, 2.45) is 5.73 Å². The van der Waals surface area contributed by atoms with Crippen molar-refractivity contribution in [1.29, 1.82) is 5.41 Å². The van der Waals surface area contributed by atoms with Gasteiger partial charge in [0.05, 0.1) is 28.9 Å². The van der Waals surface area contributed by atoms with Crippen molar-refractivity contribution in [1.82, 2.24) is 0 Å². The molecule has 1 unspecified atom stereocenters. The number of anilines is 1. The van der Waals surface area contributed by atoms with Gasteiger partial charge in [0.2, 0.25) is 0 Å². The first-order valence-corrected chi connectivity index (χ1v) is 6.88. The van der Waals surface area contributed by atoms with Gasteiger partial charge in [0.15, 0.2) is 0 Å². The third-order valence-corrected chi connectivity index (χ3v) is 3.60. The molecule has 0 spiro atoms. The van der Waals surface area contributed by atoms with E-state index in [9.17, 15) is 5.11 Å². The summed E-state index contributed by atoms with van der Waals surface area (Å²) in [5.41, 5.74) is 6.60. The molecule has 1 aliphatic heterocycles. The molecule has 1 aromatic rings. The number of halogens is 1. The largest absolute Gasteiger partial charge is 0.394 e. The first kappa shape index (κ1) is 15.1. The average molecular weight is 298 g/mol. The number of nitrogens with two attached hydrogens (primary N) is 1. The van der Waals surface area contributed by atoms with Crippen LogP contribution in [0.15, 0.2) is 18.2 Å². The summed E-state index contributed by atoms with van der Waals surface area (Å²) in [6.45, 7) is 5.08. The summed E-state index contributed by atoms with van der Waals surface area (Å²) in [5.74, 6) is -0.0598. The van der Waals surface area contributed by atoms with Gasteiger partial charge in [-0.1, -0.05) is 17.7 Å². The Labute approximate surface area is 123 Å². The van der Waals surface area contributed by atoms with Crippen molar-refractivity contribution < 1.29 is 9.84 Å². The minimum Gasteiger partial charge on any atom is -0.394 e. The monoisotopic (exact) mass is 297 g/mol. The third kappa shape index (κ3) is 3.06. The SMILES string of the molecule is CC1(C)CN(c2cccc(Cl)c2C(=N)N)CC(CO)O1. The van der Waals surface area contributed by atoms with Crippen LogP contribution in [0.1, 0.15) is 19.4 Å². The number of morpholine rings is 1. The molecule has 1 saturated heterocycles. The van der Waals surface area contributed by atoms with E-state index in [-0.39, 0.29) is 24.1 Å². The Morgan fingerprint density at radius 2 is 2.30 bits per heavy atom. The van der Waals surface area contributed by atoms with Crippen LogP contribution >= 0.6 is 11.6 Å². The first-order chi connectivity index (χ1) is 9.34. The lowest BCUT2D eigenvalue weighted by Crippen LogP contribution is -2.54. The number of nitrogens with one attached hydrogen (secondary N) is 1. The number of benzene rings is 1. The number of hydrogen-bond donors (Lipinski definition) is 3. The number of rotatable bonds is 3. The molecule has 1 aliphatic rings. The second-order valence-electron chi connectivity index (χ2n) is 5.61. The van der Waals surface area contributed by atoms with Crippen molar-refractivity contribution in [2.45, 2.75) is 25.6 Å². The molecule has 0 saturated carbocycles. The topological polar surface area (TPSA) is 82.6 Å². The van der Waals surface area contributed by atoms with Gasteiger partial charge < -0.3 is 20.5 Å². The van der Waals surface area contributed by atoms with Crippen LogP contribution in [0.3, 0.4) is 0 Å². The number of amidine groups is 1. The number of nitrogen functional groups attached to an aromatic ring is 1.